The van der Waals surface area contributed by atoms with Gasteiger partial charge >= 0.3 is 5.97 Å². The standard InChI is InChI=1S/C17H25NO3/c1-6-7-18-15(11-17(19)21-5)10-14-8-12(2)13(3)9-16(14)20-4/h6,8-9,15,18H,1,7,10-11H2,2-5H3. The van der Waals surface area contributed by atoms with E-state index in [9.17, 15) is 4.79 Å². The molecule has 1 N–H and O–H groups in total. The maximum Gasteiger partial charge on any atom is 0.307 e. The molecule has 0 amide bonds. The quantitative estimate of drug-likeness (QED) is 0.591. The van der Waals surface area contributed by atoms with Crippen LogP contribution in [0.5, 0.6) is 5.75 Å². The van der Waals surface area contributed by atoms with Crippen LogP contribution in [0.15, 0.2) is 24.8 Å². The van der Waals surface area contributed by atoms with Crippen LogP contribution in [0, 0.1) is 13.8 Å². The summed E-state index contributed by atoms with van der Waals surface area (Å²) in [5.74, 6) is 0.632. The summed E-state index contributed by atoms with van der Waals surface area (Å²) in [6.07, 6.45) is 2.80. The molecule has 0 bridgehead atoms. The highest BCUT2D eigenvalue weighted by atomic mass is 16.5. The van der Waals surface area contributed by atoms with Crippen LogP contribution in [0.25, 0.3) is 0 Å². The number of ether oxygens (including phenoxy) is 2. The highest BCUT2D eigenvalue weighted by Gasteiger charge is 2.17. The molecule has 1 aromatic rings. The summed E-state index contributed by atoms with van der Waals surface area (Å²) < 4.78 is 10.2. The molecule has 4 heteroatoms. The second kappa shape index (κ2) is 8.47. The number of hydrogen-bond acceptors (Lipinski definition) is 4. The number of nitrogens with one attached hydrogen (secondary N) is 1. The maximum absolute atomic E-state index is 11.5. The Morgan fingerprint density at radius 1 is 1.33 bits per heavy atom. The van der Waals surface area contributed by atoms with Gasteiger partial charge in [0, 0.05) is 12.6 Å². The Bertz CT molecular complexity index is 497. The van der Waals surface area contributed by atoms with Crippen LogP contribution in [0.4, 0.5) is 0 Å². The molecule has 4 nitrogen and oxygen atoms in total. The summed E-state index contributed by atoms with van der Waals surface area (Å²) in [4.78, 5) is 11.5. The third-order valence-corrected chi connectivity index (χ3v) is 3.55. The normalized spacial score (nSPS) is 11.8. The van der Waals surface area contributed by atoms with Crippen LogP contribution in [0.3, 0.4) is 0 Å². The minimum atomic E-state index is -0.223. The van der Waals surface area contributed by atoms with Crippen LogP contribution in [0.2, 0.25) is 0 Å². The van der Waals surface area contributed by atoms with Crippen LogP contribution in [-0.2, 0) is 16.0 Å². The summed E-state index contributed by atoms with van der Waals surface area (Å²) in [5.41, 5.74) is 3.50. The van der Waals surface area contributed by atoms with E-state index in [4.69, 9.17) is 9.47 Å². The van der Waals surface area contributed by atoms with Gasteiger partial charge in [-0.05, 0) is 43.0 Å². The topological polar surface area (TPSA) is 47.6 Å². The fourth-order valence-corrected chi connectivity index (χ4v) is 2.22. The third-order valence-electron chi connectivity index (χ3n) is 3.55. The van der Waals surface area contributed by atoms with Crippen molar-refractivity contribution in [2.24, 2.45) is 0 Å². The molecule has 1 rings (SSSR count). The number of rotatable bonds is 8. The molecule has 0 heterocycles. The zero-order chi connectivity index (χ0) is 15.8. The van der Waals surface area contributed by atoms with E-state index in [1.54, 1.807) is 13.2 Å². The molecule has 0 saturated carbocycles. The van der Waals surface area contributed by atoms with E-state index in [2.05, 4.69) is 31.8 Å². The van der Waals surface area contributed by atoms with Gasteiger partial charge in [-0.1, -0.05) is 12.1 Å². The summed E-state index contributed by atoms with van der Waals surface area (Å²) in [5, 5.41) is 3.29. The van der Waals surface area contributed by atoms with Gasteiger partial charge in [-0.3, -0.25) is 4.79 Å². The first kappa shape index (κ1) is 17.2. The summed E-state index contributed by atoms with van der Waals surface area (Å²) in [7, 11) is 3.07. The molecule has 0 aromatic heterocycles. The van der Waals surface area contributed by atoms with Crippen molar-refractivity contribution in [3.63, 3.8) is 0 Å². The molecule has 1 unspecified atom stereocenters. The van der Waals surface area contributed by atoms with Gasteiger partial charge in [0.05, 0.1) is 20.6 Å². The first-order chi connectivity index (χ1) is 10.0. The molecule has 0 radical (unpaired) electrons. The Labute approximate surface area is 127 Å². The van der Waals surface area contributed by atoms with Crippen molar-refractivity contribution in [1.82, 2.24) is 5.32 Å². The SMILES string of the molecule is C=CCNC(CC(=O)OC)Cc1cc(C)c(C)cc1OC. The average Bonchev–Trinajstić information content (AvgIpc) is 2.47. The monoisotopic (exact) mass is 291 g/mol. The number of carbonyl (C=O) groups excluding carboxylic acids is 1. The predicted octanol–water partition coefficient (Wildman–Crippen LogP) is 2.56. The molecule has 1 atom stereocenters. The second-order valence-corrected chi connectivity index (χ2v) is 5.13. The molecule has 0 spiro atoms. The molecule has 0 aliphatic heterocycles. The zero-order valence-corrected chi connectivity index (χ0v) is 13.4. The lowest BCUT2D eigenvalue weighted by molar-refractivity contribution is -0.141. The van der Waals surface area contributed by atoms with Crippen LogP contribution in [0.1, 0.15) is 23.1 Å². The van der Waals surface area contributed by atoms with E-state index in [1.807, 2.05) is 6.07 Å². The second-order valence-electron chi connectivity index (χ2n) is 5.13. The van der Waals surface area contributed by atoms with Crippen LogP contribution < -0.4 is 10.1 Å². The van der Waals surface area contributed by atoms with Crippen LogP contribution >= 0.6 is 0 Å². The van der Waals surface area contributed by atoms with Gasteiger partial charge in [0.2, 0.25) is 0 Å². The van der Waals surface area contributed by atoms with Gasteiger partial charge in [-0.2, -0.15) is 0 Å². The highest BCUT2D eigenvalue weighted by molar-refractivity contribution is 5.70. The fraction of sp³-hybridized carbons (Fsp3) is 0.471. The van der Waals surface area contributed by atoms with Gasteiger partial charge in [0.1, 0.15) is 5.75 Å². The lowest BCUT2D eigenvalue weighted by Crippen LogP contribution is -2.34. The number of hydrogen-bond donors (Lipinski definition) is 1. The smallest absolute Gasteiger partial charge is 0.307 e. The van der Waals surface area contributed by atoms with Crippen molar-refractivity contribution in [1.29, 1.82) is 0 Å². The predicted molar refractivity (Wildman–Crippen MR) is 84.8 cm³/mol. The first-order valence-electron chi connectivity index (χ1n) is 7.07. The Kier molecular flexibility index (Phi) is 6.96. The molecule has 0 saturated heterocycles. The number of benzene rings is 1. The van der Waals surface area contributed by atoms with E-state index in [0.29, 0.717) is 19.4 Å². The number of carbonyl (C=O) groups is 1. The van der Waals surface area contributed by atoms with Crippen molar-refractivity contribution < 1.29 is 14.3 Å². The van der Waals surface area contributed by atoms with Crippen molar-refractivity contribution in [2.45, 2.75) is 32.7 Å². The van der Waals surface area contributed by atoms with Crippen molar-refractivity contribution >= 4 is 5.97 Å². The number of esters is 1. The Morgan fingerprint density at radius 2 is 2.00 bits per heavy atom. The molecular formula is C17H25NO3. The van der Waals surface area contributed by atoms with Gasteiger partial charge < -0.3 is 14.8 Å². The van der Waals surface area contributed by atoms with Gasteiger partial charge in [0.25, 0.3) is 0 Å². The van der Waals surface area contributed by atoms with Crippen molar-refractivity contribution in [3.05, 3.63) is 41.5 Å². The minimum absolute atomic E-state index is 0.00791. The fourth-order valence-electron chi connectivity index (χ4n) is 2.22. The third kappa shape index (κ3) is 5.23. The van der Waals surface area contributed by atoms with Gasteiger partial charge in [-0.25, -0.2) is 0 Å². The lowest BCUT2D eigenvalue weighted by atomic mass is 9.98. The van der Waals surface area contributed by atoms with E-state index in [1.165, 1.54) is 18.2 Å². The molecule has 0 aliphatic rings. The number of methoxy groups -OCH3 is 2. The van der Waals surface area contributed by atoms with E-state index < -0.39 is 0 Å². The lowest BCUT2D eigenvalue weighted by Gasteiger charge is -2.19. The Hall–Kier alpha value is -1.81. The molecule has 0 aliphatic carbocycles. The van der Waals surface area contributed by atoms with Gasteiger partial charge in [0.15, 0.2) is 0 Å². The number of aryl methyl sites for hydroxylation is 2. The van der Waals surface area contributed by atoms with Gasteiger partial charge in [-0.15, -0.1) is 6.58 Å². The minimum Gasteiger partial charge on any atom is -0.496 e. The zero-order valence-electron chi connectivity index (χ0n) is 13.4. The largest absolute Gasteiger partial charge is 0.496 e. The molecule has 0 fully saturated rings. The van der Waals surface area contributed by atoms with E-state index >= 15 is 0 Å². The summed E-state index contributed by atoms with van der Waals surface area (Å²) >= 11 is 0. The van der Waals surface area contributed by atoms with E-state index in [-0.39, 0.29) is 12.0 Å². The Morgan fingerprint density at radius 3 is 2.57 bits per heavy atom. The molecular weight excluding hydrogens is 266 g/mol. The van der Waals surface area contributed by atoms with Crippen LogP contribution in [-0.4, -0.2) is 32.8 Å². The molecule has 1 aromatic carbocycles. The maximum atomic E-state index is 11.5. The summed E-state index contributed by atoms with van der Waals surface area (Å²) in [6, 6.07) is 4.15. The Balaban J connectivity index is 2.93. The highest BCUT2D eigenvalue weighted by Crippen LogP contribution is 2.24. The van der Waals surface area contributed by atoms with Crippen molar-refractivity contribution in [3.8, 4) is 5.75 Å². The average molecular weight is 291 g/mol. The molecule has 21 heavy (non-hydrogen) atoms. The molecule has 116 valence electrons. The van der Waals surface area contributed by atoms with E-state index in [0.717, 1.165) is 11.3 Å². The van der Waals surface area contributed by atoms with Crippen molar-refractivity contribution in [2.75, 3.05) is 20.8 Å². The summed E-state index contributed by atoms with van der Waals surface area (Å²) in [6.45, 7) is 8.48. The first-order valence-corrected chi connectivity index (χ1v) is 7.07.